The second-order valence-electron chi connectivity index (χ2n) is 6.67. The summed E-state index contributed by atoms with van der Waals surface area (Å²) in [5, 5.41) is 4.51. The topological polar surface area (TPSA) is 50.4 Å². The molecule has 0 spiro atoms. The third kappa shape index (κ3) is 5.45. The number of anilines is 2. The van der Waals surface area contributed by atoms with Gasteiger partial charge >= 0.3 is 12.2 Å². The summed E-state index contributed by atoms with van der Waals surface area (Å²) in [7, 11) is 0. The molecule has 0 aliphatic rings. The summed E-state index contributed by atoms with van der Waals surface area (Å²) in [4.78, 5) is 12.2. The van der Waals surface area contributed by atoms with Gasteiger partial charge in [0.25, 0.3) is 0 Å². The highest BCUT2D eigenvalue weighted by Gasteiger charge is 2.33. The first kappa shape index (κ1) is 21.5. The van der Waals surface area contributed by atoms with Crippen LogP contribution in [-0.4, -0.2) is 6.03 Å². The number of carbonyl (C=O) groups is 1. The molecule has 0 heterocycles. The predicted octanol–water partition coefficient (Wildman–Crippen LogP) is 7.41. The summed E-state index contributed by atoms with van der Waals surface area (Å²) in [6, 6.07) is 15.0. The summed E-state index contributed by atoms with van der Waals surface area (Å²) in [5.74, 6) is 1.19. The van der Waals surface area contributed by atoms with E-state index in [0.29, 0.717) is 17.2 Å². The maximum Gasteiger partial charge on any atom is 0.417 e. The van der Waals surface area contributed by atoms with E-state index >= 15 is 0 Å². The maximum absolute atomic E-state index is 13.0. The highest BCUT2D eigenvalue weighted by atomic mass is 35.5. The molecule has 0 saturated carbocycles. The van der Waals surface area contributed by atoms with Crippen molar-refractivity contribution in [1.82, 2.24) is 0 Å². The zero-order valence-electron chi connectivity index (χ0n) is 16.1. The van der Waals surface area contributed by atoms with E-state index in [-0.39, 0.29) is 5.69 Å². The quantitative estimate of drug-likeness (QED) is 0.449. The summed E-state index contributed by atoms with van der Waals surface area (Å²) in [5.41, 5.74) is 1.32. The lowest BCUT2D eigenvalue weighted by molar-refractivity contribution is -0.137. The molecule has 0 aliphatic carbocycles. The van der Waals surface area contributed by atoms with Gasteiger partial charge in [-0.05, 0) is 55.8 Å². The Morgan fingerprint density at radius 2 is 1.50 bits per heavy atom. The normalized spacial score (nSPS) is 11.1. The van der Waals surface area contributed by atoms with Crippen LogP contribution < -0.4 is 15.4 Å². The molecule has 3 aromatic rings. The molecule has 156 valence electrons. The molecule has 0 aliphatic heterocycles. The van der Waals surface area contributed by atoms with Crippen LogP contribution in [0.1, 0.15) is 16.7 Å². The molecular weight excluding hydrogens is 417 g/mol. The Morgan fingerprint density at radius 3 is 2.13 bits per heavy atom. The minimum Gasteiger partial charge on any atom is -0.457 e. The molecule has 0 fully saturated rings. The minimum absolute atomic E-state index is 0.0348. The highest BCUT2D eigenvalue weighted by Crippen LogP contribution is 2.36. The number of halogens is 4. The van der Waals surface area contributed by atoms with Crippen molar-refractivity contribution in [2.24, 2.45) is 0 Å². The Morgan fingerprint density at radius 1 is 0.900 bits per heavy atom. The predicted molar refractivity (Wildman–Crippen MR) is 112 cm³/mol. The minimum atomic E-state index is -4.62. The second kappa shape index (κ2) is 8.67. The number of amides is 2. The van der Waals surface area contributed by atoms with Crippen LogP contribution in [-0.2, 0) is 6.18 Å². The number of aryl methyl sites for hydroxylation is 2. The number of hydrogen-bond donors (Lipinski definition) is 2. The van der Waals surface area contributed by atoms with Crippen LogP contribution >= 0.6 is 11.6 Å². The maximum atomic E-state index is 13.0. The first-order chi connectivity index (χ1) is 14.1. The fourth-order valence-electron chi connectivity index (χ4n) is 2.63. The molecule has 0 saturated heterocycles. The van der Waals surface area contributed by atoms with Crippen LogP contribution in [0.5, 0.6) is 11.5 Å². The number of hydrogen-bond acceptors (Lipinski definition) is 2. The van der Waals surface area contributed by atoms with Gasteiger partial charge in [0.05, 0.1) is 10.6 Å². The Kier molecular flexibility index (Phi) is 6.22. The van der Waals surface area contributed by atoms with Crippen molar-refractivity contribution in [1.29, 1.82) is 0 Å². The fraction of sp³-hybridized carbons (Fsp3) is 0.136. The first-order valence-electron chi connectivity index (χ1n) is 8.92. The number of urea groups is 1. The smallest absolute Gasteiger partial charge is 0.417 e. The molecular formula is C22H18ClF3N2O2. The van der Waals surface area contributed by atoms with Crippen molar-refractivity contribution < 1.29 is 22.7 Å². The van der Waals surface area contributed by atoms with E-state index in [0.717, 1.165) is 23.3 Å². The third-order valence-corrected chi connectivity index (χ3v) is 4.55. The molecule has 2 amide bonds. The average Bonchev–Trinajstić information content (AvgIpc) is 2.67. The van der Waals surface area contributed by atoms with Crippen LogP contribution in [0.4, 0.5) is 29.3 Å². The Balaban J connectivity index is 1.72. The monoisotopic (exact) mass is 434 g/mol. The number of alkyl halides is 3. The Labute approximate surface area is 176 Å². The van der Waals surface area contributed by atoms with E-state index in [2.05, 4.69) is 10.6 Å². The standard InChI is InChI=1S/C22H18ClF3N2O2/c1-13-3-8-17(9-4-13)30-20-12-16(6-5-14(20)2)28-21(29)27-15-7-10-19(23)18(11-15)22(24,25)26/h3-12H,1-2H3,(H2,27,28,29). The third-order valence-electron chi connectivity index (χ3n) is 4.22. The lowest BCUT2D eigenvalue weighted by Gasteiger charge is -2.14. The van der Waals surface area contributed by atoms with Crippen molar-refractivity contribution in [2.75, 3.05) is 10.6 Å². The SMILES string of the molecule is Cc1ccc(Oc2cc(NC(=O)Nc3ccc(Cl)c(C(F)(F)F)c3)ccc2C)cc1. The molecule has 0 unspecified atom stereocenters. The van der Waals surface area contributed by atoms with Crippen LogP contribution in [0.25, 0.3) is 0 Å². The first-order valence-corrected chi connectivity index (χ1v) is 9.29. The molecule has 3 aromatic carbocycles. The summed E-state index contributed by atoms with van der Waals surface area (Å²) >= 11 is 5.59. The van der Waals surface area contributed by atoms with Gasteiger partial charge in [-0.15, -0.1) is 0 Å². The number of nitrogens with one attached hydrogen (secondary N) is 2. The number of rotatable bonds is 4. The number of ether oxygens (including phenoxy) is 1. The molecule has 8 heteroatoms. The molecule has 0 radical (unpaired) electrons. The van der Waals surface area contributed by atoms with Gasteiger partial charge in [-0.25, -0.2) is 4.79 Å². The lowest BCUT2D eigenvalue weighted by Crippen LogP contribution is -2.20. The van der Waals surface area contributed by atoms with Gasteiger partial charge in [-0.3, -0.25) is 0 Å². The van der Waals surface area contributed by atoms with Crippen LogP contribution in [0, 0.1) is 13.8 Å². The van der Waals surface area contributed by atoms with Gasteiger partial charge in [0.1, 0.15) is 11.5 Å². The molecule has 0 aromatic heterocycles. The van der Waals surface area contributed by atoms with Crippen molar-refractivity contribution in [3.8, 4) is 11.5 Å². The largest absolute Gasteiger partial charge is 0.457 e. The van der Waals surface area contributed by atoms with Crippen molar-refractivity contribution in [3.05, 3.63) is 82.4 Å². The van der Waals surface area contributed by atoms with Crippen LogP contribution in [0.3, 0.4) is 0 Å². The van der Waals surface area contributed by atoms with Crippen molar-refractivity contribution >= 4 is 29.0 Å². The zero-order chi connectivity index (χ0) is 21.9. The van der Waals surface area contributed by atoms with E-state index in [1.807, 2.05) is 38.1 Å². The molecule has 30 heavy (non-hydrogen) atoms. The molecule has 4 nitrogen and oxygen atoms in total. The zero-order valence-corrected chi connectivity index (χ0v) is 16.9. The number of benzene rings is 3. The van der Waals surface area contributed by atoms with E-state index < -0.39 is 22.8 Å². The van der Waals surface area contributed by atoms with E-state index in [1.165, 1.54) is 6.07 Å². The lowest BCUT2D eigenvalue weighted by atomic mass is 10.2. The van der Waals surface area contributed by atoms with Crippen molar-refractivity contribution in [2.45, 2.75) is 20.0 Å². The molecule has 0 bridgehead atoms. The summed E-state index contributed by atoms with van der Waals surface area (Å²) < 4.78 is 44.8. The van der Waals surface area contributed by atoms with Gasteiger partial charge in [0, 0.05) is 17.4 Å². The van der Waals surface area contributed by atoms with E-state index in [9.17, 15) is 18.0 Å². The van der Waals surface area contributed by atoms with Gasteiger partial charge in [0.2, 0.25) is 0 Å². The van der Waals surface area contributed by atoms with Crippen molar-refractivity contribution in [3.63, 3.8) is 0 Å². The van der Waals surface area contributed by atoms with E-state index in [4.69, 9.17) is 16.3 Å². The van der Waals surface area contributed by atoms with Gasteiger partial charge in [-0.1, -0.05) is 35.4 Å². The fourth-order valence-corrected chi connectivity index (χ4v) is 2.86. The van der Waals surface area contributed by atoms with Gasteiger partial charge in [-0.2, -0.15) is 13.2 Å². The second-order valence-corrected chi connectivity index (χ2v) is 7.07. The summed E-state index contributed by atoms with van der Waals surface area (Å²) in [6.45, 7) is 3.83. The van der Waals surface area contributed by atoms with Gasteiger partial charge < -0.3 is 15.4 Å². The molecule has 3 rings (SSSR count). The van der Waals surface area contributed by atoms with Crippen LogP contribution in [0.15, 0.2) is 60.7 Å². The molecule has 2 N–H and O–H groups in total. The summed E-state index contributed by atoms with van der Waals surface area (Å²) in [6.07, 6.45) is -4.62. The van der Waals surface area contributed by atoms with Gasteiger partial charge in [0.15, 0.2) is 0 Å². The molecule has 0 atom stereocenters. The highest BCUT2D eigenvalue weighted by molar-refractivity contribution is 6.31. The van der Waals surface area contributed by atoms with Crippen LogP contribution in [0.2, 0.25) is 5.02 Å². The number of carbonyl (C=O) groups excluding carboxylic acids is 1. The Bertz CT molecular complexity index is 1070. The van der Waals surface area contributed by atoms with E-state index in [1.54, 1.807) is 18.2 Å². The Hall–Kier alpha value is -3.19. The average molecular weight is 435 g/mol.